The third-order valence-electron chi connectivity index (χ3n) is 19.3. The van der Waals surface area contributed by atoms with Crippen LogP contribution in [-0.2, 0) is 44.6 Å². The molecule has 0 fully saturated rings. The summed E-state index contributed by atoms with van der Waals surface area (Å²) in [6.45, 7) is 13.4. The summed E-state index contributed by atoms with van der Waals surface area (Å²) in [4.78, 5) is 62.3. The molecular formula is C94H98N10O16. The molecule has 10 aromatic carbocycles. The average Bonchev–Trinajstić information content (AvgIpc) is 1.79. The number of ether oxygens (including phenoxy) is 8. The molecule has 4 amide bonds. The number of alkyl carbamates (subject to hydrolysis) is 2. The Balaban J connectivity index is 0.709. The summed E-state index contributed by atoms with van der Waals surface area (Å²) < 4.78 is 54.1. The van der Waals surface area contributed by atoms with Crippen LogP contribution in [0.5, 0.6) is 46.0 Å². The van der Waals surface area contributed by atoms with Crippen molar-refractivity contribution in [3.63, 3.8) is 0 Å². The van der Waals surface area contributed by atoms with Crippen molar-refractivity contribution in [2.24, 2.45) is 0 Å². The van der Waals surface area contributed by atoms with E-state index in [9.17, 15) is 39.6 Å². The van der Waals surface area contributed by atoms with Crippen molar-refractivity contribution in [3.8, 4) is 103 Å². The van der Waals surface area contributed by atoms with Gasteiger partial charge in [-0.25, -0.2) is 28.9 Å². The number of nitrogens with zero attached hydrogens (tertiary/aromatic N) is 6. The summed E-state index contributed by atoms with van der Waals surface area (Å²) in [5, 5.41) is 64.2. The molecule has 0 spiro atoms. The molecule has 8 bridgehead atoms. The van der Waals surface area contributed by atoms with Crippen LogP contribution in [-0.4, -0.2) is 164 Å². The topological polar surface area (TPSA) is 333 Å². The number of carbonyl (C=O) groups is 4. The van der Waals surface area contributed by atoms with E-state index in [2.05, 4.69) is 21.3 Å². The van der Waals surface area contributed by atoms with Crippen molar-refractivity contribution in [2.75, 3.05) is 79.0 Å². The summed E-state index contributed by atoms with van der Waals surface area (Å²) in [5.74, 6) is 3.14. The number of nitrogens with one attached hydrogen (secondary N) is 4. The van der Waals surface area contributed by atoms with Crippen LogP contribution < -0.4 is 40.2 Å². The van der Waals surface area contributed by atoms with E-state index in [1.165, 1.54) is 0 Å². The van der Waals surface area contributed by atoms with Crippen LogP contribution in [0.3, 0.4) is 0 Å². The van der Waals surface area contributed by atoms with E-state index in [4.69, 9.17) is 58.1 Å². The van der Waals surface area contributed by atoms with Gasteiger partial charge in [0.15, 0.2) is 23.3 Å². The lowest BCUT2D eigenvalue weighted by Crippen LogP contribution is -2.33. The van der Waals surface area contributed by atoms with Crippen LogP contribution in [0, 0.1) is 0 Å². The molecule has 0 saturated heterocycles. The Kier molecular flexibility index (Phi) is 27.7. The highest BCUT2D eigenvalue weighted by Gasteiger charge is 2.27. The molecule has 1 aliphatic carbocycles. The molecule has 8 N–H and O–H groups in total. The summed E-state index contributed by atoms with van der Waals surface area (Å²) in [7, 11) is 0. The molecule has 1 aliphatic rings. The van der Waals surface area contributed by atoms with E-state index in [0.29, 0.717) is 131 Å². The maximum absolute atomic E-state index is 13.6. The van der Waals surface area contributed by atoms with Crippen molar-refractivity contribution in [1.82, 2.24) is 50.8 Å². The first-order valence-electron chi connectivity index (χ1n) is 40.0. The van der Waals surface area contributed by atoms with E-state index < -0.39 is 23.4 Å². The van der Waals surface area contributed by atoms with Gasteiger partial charge >= 0.3 is 12.2 Å². The Labute approximate surface area is 696 Å². The number of hydrogen-bond donors (Lipinski definition) is 8. The maximum Gasteiger partial charge on any atom is 0.407 e. The second kappa shape index (κ2) is 39.5. The van der Waals surface area contributed by atoms with Crippen LogP contribution in [0.25, 0.3) is 56.9 Å². The van der Waals surface area contributed by atoms with Gasteiger partial charge in [-0.2, -0.15) is 0 Å². The first-order chi connectivity index (χ1) is 58.1. The summed E-state index contributed by atoms with van der Waals surface area (Å²) in [5.41, 5.74) is 9.25. The summed E-state index contributed by atoms with van der Waals surface area (Å²) >= 11 is 0. The van der Waals surface area contributed by atoms with Crippen molar-refractivity contribution >= 4 is 24.0 Å². The SMILES string of the molecule is CC(C)(C)OC(=O)NCCCOc1c2cccc1Cc1cccc(c1OCCOCCNC(=O)c1ccc(-n3nc(-c4ccccc4O)nc3-c3ccccc3O)cc1)Cc1cccc(c1OCCCNC(=O)OC(C)(C)C)Cc1cccc(c1OCCOCCNC(=O)c1ccc(-n3nc(-c4ccccc4O)nc3-c3ccccc3O)cc1)C2. The van der Waals surface area contributed by atoms with Crippen molar-refractivity contribution in [3.05, 3.63) is 274 Å². The minimum Gasteiger partial charge on any atom is -0.507 e. The monoisotopic (exact) mass is 1620 g/mol. The van der Waals surface area contributed by atoms with Gasteiger partial charge in [0, 0.05) is 63.0 Å². The van der Waals surface area contributed by atoms with E-state index >= 15 is 0 Å². The lowest BCUT2D eigenvalue weighted by atomic mass is 9.91. The van der Waals surface area contributed by atoms with Crippen molar-refractivity contribution in [1.29, 1.82) is 0 Å². The quantitative estimate of drug-likeness (QED) is 0.0182. The largest absolute Gasteiger partial charge is 0.507 e. The number of aromatic nitrogens is 6. The summed E-state index contributed by atoms with van der Waals surface area (Å²) in [6, 6.07) is 65.1. The van der Waals surface area contributed by atoms with Gasteiger partial charge in [-0.05, 0) is 196 Å². The molecule has 2 aromatic heterocycles. The number of benzene rings is 10. The number of fused-ring (bicyclic) bond motifs is 8. The Morgan fingerprint density at radius 1 is 0.333 bits per heavy atom. The van der Waals surface area contributed by atoms with Gasteiger partial charge in [0.1, 0.15) is 70.4 Å². The first-order valence-corrected chi connectivity index (χ1v) is 40.0. The number of amides is 4. The minimum atomic E-state index is -0.676. The zero-order chi connectivity index (χ0) is 84.1. The maximum atomic E-state index is 13.6. The van der Waals surface area contributed by atoms with E-state index in [1.54, 1.807) is 155 Å². The third kappa shape index (κ3) is 22.1. The number of phenols is 4. The Morgan fingerprint density at radius 3 is 0.925 bits per heavy atom. The molecule has 120 heavy (non-hydrogen) atoms. The number of phenolic OH excluding ortho intramolecular Hbond substituents is 4. The molecule has 0 saturated carbocycles. The molecule has 12 aromatic rings. The first kappa shape index (κ1) is 84.2. The molecule has 620 valence electrons. The summed E-state index contributed by atoms with van der Waals surface area (Å²) in [6.07, 6.45) is 1.40. The lowest BCUT2D eigenvalue weighted by molar-refractivity contribution is 0.0513. The van der Waals surface area contributed by atoms with Crippen LogP contribution >= 0.6 is 0 Å². The van der Waals surface area contributed by atoms with Gasteiger partial charge in [-0.15, -0.1) is 10.2 Å². The highest BCUT2D eigenvalue weighted by Crippen LogP contribution is 2.41. The van der Waals surface area contributed by atoms with Crippen LogP contribution in [0.15, 0.2) is 218 Å². The standard InChI is InChI=1S/C94H98N10O16/c1-93(2,3)119-91(111)97-45-19-49-115-81-63-21-15-22-64(81)58-68-26-18-28-70(84(68)118-56-54-114-52-48-96-90(110)62-39-43-72(44-40-62)104-88(76-32-10-14-36-80(76)108)100-86(102-104)74-30-8-12-34-78(74)106)60-66-24-16-23-65(82(66)116-50-20-46-98-92(112)120-94(4,5)6)59-69-27-17-25-67(57-63)83(69)117-55-53-113-51-47-95-89(109)61-37-41-71(42-38-61)103-87(75-31-9-13-35-79(75)107)99-85(101-103)73-29-7-11-33-77(73)105/h7-18,21-44,105-108H,19-20,45-60H2,1-6H3,(H,95,109)(H,96,110)(H,97,111)(H,98,112). The highest BCUT2D eigenvalue weighted by molar-refractivity contribution is 5.95. The molecule has 0 unspecified atom stereocenters. The van der Waals surface area contributed by atoms with E-state index in [1.807, 2.05) is 114 Å². The Morgan fingerprint density at radius 2 is 0.625 bits per heavy atom. The second-order valence-corrected chi connectivity index (χ2v) is 30.5. The normalized spacial score (nSPS) is 11.9. The van der Waals surface area contributed by atoms with Gasteiger partial charge in [-0.3, -0.25) is 9.59 Å². The van der Waals surface area contributed by atoms with Crippen LogP contribution in [0.4, 0.5) is 9.59 Å². The zero-order valence-electron chi connectivity index (χ0n) is 67.9. The van der Waals surface area contributed by atoms with Crippen molar-refractivity contribution < 1.29 is 77.5 Å². The van der Waals surface area contributed by atoms with Gasteiger partial charge in [0.2, 0.25) is 0 Å². The fourth-order valence-electron chi connectivity index (χ4n) is 13.7. The van der Waals surface area contributed by atoms with Crippen LogP contribution in [0.2, 0.25) is 0 Å². The molecular weight excluding hydrogens is 1530 g/mol. The molecule has 26 heteroatoms. The molecule has 13 rings (SSSR count). The van der Waals surface area contributed by atoms with Crippen molar-refractivity contribution in [2.45, 2.75) is 91.3 Å². The number of para-hydroxylation sites is 8. The van der Waals surface area contributed by atoms with Gasteiger partial charge in [-0.1, -0.05) is 121 Å². The fourth-order valence-corrected chi connectivity index (χ4v) is 13.7. The van der Waals surface area contributed by atoms with E-state index in [0.717, 1.165) is 44.5 Å². The molecule has 26 nitrogen and oxygen atoms in total. The average molecular weight is 1620 g/mol. The molecule has 0 radical (unpaired) electrons. The lowest BCUT2D eigenvalue weighted by Gasteiger charge is -2.23. The van der Waals surface area contributed by atoms with Gasteiger partial charge in [0.25, 0.3) is 11.8 Å². The number of carbonyl (C=O) groups excluding carboxylic acids is 4. The highest BCUT2D eigenvalue weighted by atomic mass is 16.6. The Hall–Kier alpha value is -13.7. The predicted molar refractivity (Wildman–Crippen MR) is 454 cm³/mol. The molecule has 2 heterocycles. The number of hydrogen-bond acceptors (Lipinski definition) is 20. The molecule has 0 atom stereocenters. The van der Waals surface area contributed by atoms with E-state index in [-0.39, 0.29) is 112 Å². The zero-order valence-corrected chi connectivity index (χ0v) is 67.9. The third-order valence-corrected chi connectivity index (χ3v) is 19.3. The fraction of sp³-hybridized carbons (Fsp3) is 0.277. The van der Waals surface area contributed by atoms with Gasteiger partial charge in [0.05, 0.1) is 73.3 Å². The molecule has 0 aliphatic heterocycles. The predicted octanol–water partition coefficient (Wildman–Crippen LogP) is 15.3. The number of rotatable bonds is 32. The Bertz CT molecular complexity index is 5130. The second-order valence-electron chi connectivity index (χ2n) is 30.5. The number of aromatic hydroxyl groups is 4. The van der Waals surface area contributed by atoms with Crippen LogP contribution in [0.1, 0.15) is 120 Å². The minimum absolute atomic E-state index is 0.000922. The smallest absolute Gasteiger partial charge is 0.407 e. The van der Waals surface area contributed by atoms with Gasteiger partial charge < -0.3 is 79.6 Å².